The molecule has 3 N–H and O–H groups in total. The number of rotatable bonds is 5. The van der Waals surface area contributed by atoms with E-state index in [0.29, 0.717) is 0 Å². The van der Waals surface area contributed by atoms with Crippen molar-refractivity contribution in [3.63, 3.8) is 0 Å². The summed E-state index contributed by atoms with van der Waals surface area (Å²) in [6, 6.07) is -0.362. The highest BCUT2D eigenvalue weighted by Crippen LogP contribution is 2.06. The summed E-state index contributed by atoms with van der Waals surface area (Å²) in [7, 11) is 0. The summed E-state index contributed by atoms with van der Waals surface area (Å²) in [5, 5.41) is 1.99. The van der Waals surface area contributed by atoms with Crippen LogP contribution in [-0.2, 0) is 4.79 Å². The minimum atomic E-state index is -0.362. The van der Waals surface area contributed by atoms with E-state index in [2.05, 4.69) is 5.43 Å². The van der Waals surface area contributed by atoms with Crippen LogP contribution in [0.1, 0.15) is 25.7 Å². The molecule has 0 spiro atoms. The molecule has 15 heavy (non-hydrogen) atoms. The summed E-state index contributed by atoms with van der Waals surface area (Å²) >= 11 is 1.72. The van der Waals surface area contributed by atoms with Crippen LogP contribution in [0.2, 0.25) is 0 Å². The molecule has 1 amide bonds. The highest BCUT2D eigenvalue weighted by atomic mass is 32.2. The van der Waals surface area contributed by atoms with Crippen molar-refractivity contribution in [2.24, 2.45) is 5.73 Å². The second-order valence-electron chi connectivity index (χ2n) is 3.91. The number of piperidine rings is 1. The molecule has 1 aliphatic rings. The van der Waals surface area contributed by atoms with Gasteiger partial charge in [0.05, 0.1) is 6.04 Å². The van der Waals surface area contributed by atoms with Crippen LogP contribution in [0.5, 0.6) is 0 Å². The number of amides is 1. The second kappa shape index (κ2) is 7.09. The first-order valence-electron chi connectivity index (χ1n) is 5.54. The smallest absolute Gasteiger partial charge is 0.251 e. The molecule has 4 nitrogen and oxygen atoms in total. The molecule has 1 heterocycles. The van der Waals surface area contributed by atoms with Crippen LogP contribution in [0.3, 0.4) is 0 Å². The van der Waals surface area contributed by atoms with Crippen molar-refractivity contribution in [3.05, 3.63) is 0 Å². The Balaban J connectivity index is 2.20. The van der Waals surface area contributed by atoms with Gasteiger partial charge in [-0.15, -0.1) is 0 Å². The number of nitrogens with one attached hydrogen (secondary N) is 1. The highest BCUT2D eigenvalue weighted by molar-refractivity contribution is 7.98. The van der Waals surface area contributed by atoms with Gasteiger partial charge >= 0.3 is 0 Å². The van der Waals surface area contributed by atoms with E-state index in [9.17, 15) is 4.79 Å². The van der Waals surface area contributed by atoms with E-state index in [1.165, 1.54) is 19.3 Å². The largest absolute Gasteiger partial charge is 0.320 e. The normalized spacial score (nSPS) is 19.9. The summed E-state index contributed by atoms with van der Waals surface area (Å²) < 4.78 is 0. The van der Waals surface area contributed by atoms with E-state index in [1.807, 2.05) is 11.3 Å². The van der Waals surface area contributed by atoms with Gasteiger partial charge in [0.2, 0.25) is 0 Å². The van der Waals surface area contributed by atoms with Gasteiger partial charge < -0.3 is 5.73 Å². The van der Waals surface area contributed by atoms with Gasteiger partial charge in [0.15, 0.2) is 0 Å². The number of hydrazine groups is 1. The Morgan fingerprint density at radius 2 is 2.13 bits per heavy atom. The number of carbonyl (C=O) groups is 1. The van der Waals surface area contributed by atoms with Gasteiger partial charge in [0, 0.05) is 13.1 Å². The Labute approximate surface area is 95.9 Å². The van der Waals surface area contributed by atoms with Crippen LogP contribution >= 0.6 is 11.8 Å². The molecular weight excluding hydrogens is 210 g/mol. The Hall–Kier alpha value is -0.260. The topological polar surface area (TPSA) is 58.4 Å². The number of hydrogen-bond acceptors (Lipinski definition) is 4. The van der Waals surface area contributed by atoms with Gasteiger partial charge in [0.1, 0.15) is 0 Å². The Morgan fingerprint density at radius 1 is 1.47 bits per heavy atom. The molecule has 1 saturated heterocycles. The number of carbonyl (C=O) groups excluding carboxylic acids is 1. The fraction of sp³-hybridized carbons (Fsp3) is 0.900. The highest BCUT2D eigenvalue weighted by Gasteiger charge is 2.17. The molecule has 1 aliphatic heterocycles. The van der Waals surface area contributed by atoms with E-state index in [1.54, 1.807) is 11.8 Å². The summed E-state index contributed by atoms with van der Waals surface area (Å²) in [6.45, 7) is 1.92. The van der Waals surface area contributed by atoms with Crippen molar-refractivity contribution in [1.29, 1.82) is 0 Å². The molecule has 88 valence electrons. The molecule has 0 aromatic heterocycles. The zero-order chi connectivity index (χ0) is 11.1. The van der Waals surface area contributed by atoms with Gasteiger partial charge in [-0.3, -0.25) is 10.2 Å². The third-order valence-corrected chi connectivity index (χ3v) is 3.24. The molecule has 5 heteroatoms. The maximum Gasteiger partial charge on any atom is 0.251 e. The lowest BCUT2D eigenvalue weighted by atomic mass is 10.2. The first kappa shape index (κ1) is 12.8. The fourth-order valence-corrected chi connectivity index (χ4v) is 2.11. The van der Waals surface area contributed by atoms with Crippen molar-refractivity contribution in [2.75, 3.05) is 25.1 Å². The molecule has 0 saturated carbocycles. The molecular formula is C10H21N3OS. The van der Waals surface area contributed by atoms with Gasteiger partial charge in [-0.1, -0.05) is 6.42 Å². The van der Waals surface area contributed by atoms with Crippen LogP contribution in [0.15, 0.2) is 0 Å². The van der Waals surface area contributed by atoms with Crippen molar-refractivity contribution in [3.8, 4) is 0 Å². The van der Waals surface area contributed by atoms with E-state index in [4.69, 9.17) is 5.73 Å². The van der Waals surface area contributed by atoms with E-state index in [-0.39, 0.29) is 11.9 Å². The fourth-order valence-electron chi connectivity index (χ4n) is 1.62. The first-order chi connectivity index (χ1) is 7.24. The van der Waals surface area contributed by atoms with Crippen molar-refractivity contribution < 1.29 is 4.79 Å². The van der Waals surface area contributed by atoms with Crippen molar-refractivity contribution in [1.82, 2.24) is 10.4 Å². The van der Waals surface area contributed by atoms with Gasteiger partial charge in [-0.2, -0.15) is 11.8 Å². The van der Waals surface area contributed by atoms with Crippen molar-refractivity contribution >= 4 is 17.7 Å². The van der Waals surface area contributed by atoms with Crippen LogP contribution < -0.4 is 11.2 Å². The molecule has 0 radical (unpaired) electrons. The quantitative estimate of drug-likeness (QED) is 0.727. The summed E-state index contributed by atoms with van der Waals surface area (Å²) in [5.74, 6) is 0.903. The monoisotopic (exact) mass is 231 g/mol. The van der Waals surface area contributed by atoms with Gasteiger partial charge in [-0.25, -0.2) is 5.01 Å². The molecule has 1 rings (SSSR count). The Morgan fingerprint density at radius 3 is 2.73 bits per heavy atom. The zero-order valence-corrected chi connectivity index (χ0v) is 10.2. The van der Waals surface area contributed by atoms with E-state index >= 15 is 0 Å². The van der Waals surface area contributed by atoms with Crippen LogP contribution in [0.25, 0.3) is 0 Å². The molecule has 0 bridgehead atoms. The third-order valence-electron chi connectivity index (χ3n) is 2.59. The number of hydrogen-bond donors (Lipinski definition) is 2. The standard InChI is InChI=1S/C10H21N3OS/c1-15-8-5-9(11)10(14)12-13-6-3-2-4-7-13/h9H,2-8,11H2,1H3,(H,12,14)/t9-/m0/s1. The molecule has 0 unspecified atom stereocenters. The van der Waals surface area contributed by atoms with Gasteiger partial charge in [-0.05, 0) is 31.3 Å². The van der Waals surface area contributed by atoms with E-state index < -0.39 is 0 Å². The van der Waals surface area contributed by atoms with Gasteiger partial charge in [0.25, 0.3) is 5.91 Å². The minimum absolute atomic E-state index is 0.0362. The molecule has 1 atom stereocenters. The van der Waals surface area contributed by atoms with Crippen LogP contribution in [0.4, 0.5) is 0 Å². The first-order valence-corrected chi connectivity index (χ1v) is 6.93. The van der Waals surface area contributed by atoms with Crippen LogP contribution in [-0.4, -0.2) is 42.1 Å². The maximum absolute atomic E-state index is 11.6. The molecule has 0 aromatic rings. The lowest BCUT2D eigenvalue weighted by Crippen LogP contribution is -2.51. The molecule has 0 aliphatic carbocycles. The predicted molar refractivity (Wildman–Crippen MR) is 64.5 cm³/mol. The minimum Gasteiger partial charge on any atom is -0.320 e. The summed E-state index contributed by atoms with van der Waals surface area (Å²) in [4.78, 5) is 11.6. The second-order valence-corrected chi connectivity index (χ2v) is 4.90. The number of thioether (sulfide) groups is 1. The maximum atomic E-state index is 11.6. The average Bonchev–Trinajstić information content (AvgIpc) is 2.27. The predicted octanol–water partition coefficient (Wildman–Crippen LogP) is 0.584. The summed E-state index contributed by atoms with van der Waals surface area (Å²) in [5.41, 5.74) is 8.66. The van der Waals surface area contributed by atoms with E-state index in [0.717, 1.165) is 25.3 Å². The SMILES string of the molecule is CSCC[C@H](N)C(=O)NN1CCCCC1. The number of nitrogens with zero attached hydrogens (tertiary/aromatic N) is 1. The lowest BCUT2D eigenvalue weighted by molar-refractivity contribution is -0.127. The number of nitrogens with two attached hydrogens (primary N) is 1. The lowest BCUT2D eigenvalue weighted by Gasteiger charge is -2.28. The average molecular weight is 231 g/mol. The zero-order valence-electron chi connectivity index (χ0n) is 9.37. The molecule has 1 fully saturated rings. The Bertz CT molecular complexity index is 195. The third kappa shape index (κ3) is 4.86. The van der Waals surface area contributed by atoms with Crippen molar-refractivity contribution in [2.45, 2.75) is 31.7 Å². The molecule has 0 aromatic carbocycles. The Kier molecular flexibility index (Phi) is 6.05. The van der Waals surface area contributed by atoms with Crippen LogP contribution in [0, 0.1) is 0 Å². The summed E-state index contributed by atoms with van der Waals surface area (Å²) in [6.07, 6.45) is 6.38.